The number of hydrogen-bond acceptors (Lipinski definition) is 0. The van der Waals surface area contributed by atoms with Gasteiger partial charge in [-0.2, -0.15) is 0 Å². The quantitative estimate of drug-likeness (QED) is 0.460. The average molecular weight is 285 g/mol. The van der Waals surface area contributed by atoms with E-state index in [9.17, 15) is 0 Å². The van der Waals surface area contributed by atoms with Crippen LogP contribution in [0.5, 0.6) is 0 Å². The lowest BCUT2D eigenvalue weighted by Gasteiger charge is -2.38. The molecular formula is C15H25Br. The van der Waals surface area contributed by atoms with Crippen LogP contribution in [0, 0.1) is 23.7 Å². The van der Waals surface area contributed by atoms with E-state index < -0.39 is 0 Å². The van der Waals surface area contributed by atoms with E-state index in [-0.39, 0.29) is 0 Å². The summed E-state index contributed by atoms with van der Waals surface area (Å²) in [6.07, 6.45) is 9.63. The van der Waals surface area contributed by atoms with Gasteiger partial charge in [0.1, 0.15) is 0 Å². The van der Waals surface area contributed by atoms with Gasteiger partial charge in [0.05, 0.1) is 0 Å². The molecule has 0 nitrogen and oxygen atoms in total. The van der Waals surface area contributed by atoms with Crippen LogP contribution >= 0.6 is 15.9 Å². The standard InChI is InChI=1S/C15H25Br/c1-10-7-12(3)15(8-11(10)2)13-5-4-6-14(16)9-13/h7,10-11,13-15H,4-6,8-9H2,1-3H3. The molecule has 0 amide bonds. The molecule has 2 aliphatic rings. The molecule has 2 aliphatic carbocycles. The van der Waals surface area contributed by atoms with Gasteiger partial charge >= 0.3 is 0 Å². The topological polar surface area (TPSA) is 0 Å². The summed E-state index contributed by atoms with van der Waals surface area (Å²) < 4.78 is 0. The lowest BCUT2D eigenvalue weighted by molar-refractivity contribution is 0.219. The molecule has 0 aromatic heterocycles. The third kappa shape index (κ3) is 2.72. The monoisotopic (exact) mass is 284 g/mol. The molecule has 0 N–H and O–H groups in total. The van der Waals surface area contributed by atoms with Gasteiger partial charge < -0.3 is 0 Å². The predicted octanol–water partition coefficient (Wildman–Crippen LogP) is 5.18. The summed E-state index contributed by atoms with van der Waals surface area (Å²) in [5.41, 5.74) is 1.68. The van der Waals surface area contributed by atoms with Crippen molar-refractivity contribution in [3.63, 3.8) is 0 Å². The molecule has 0 spiro atoms. The van der Waals surface area contributed by atoms with Crippen LogP contribution in [0.4, 0.5) is 0 Å². The molecule has 0 saturated heterocycles. The number of allylic oxidation sites excluding steroid dienone is 2. The van der Waals surface area contributed by atoms with Crippen LogP contribution in [-0.2, 0) is 0 Å². The third-order valence-electron chi connectivity index (χ3n) is 4.85. The van der Waals surface area contributed by atoms with Crippen LogP contribution in [0.15, 0.2) is 11.6 Å². The van der Waals surface area contributed by atoms with Crippen molar-refractivity contribution in [3.8, 4) is 0 Å². The molecule has 1 saturated carbocycles. The average Bonchev–Trinajstić information content (AvgIpc) is 2.23. The Morgan fingerprint density at radius 3 is 2.62 bits per heavy atom. The summed E-state index contributed by atoms with van der Waals surface area (Å²) in [6.45, 7) is 7.17. The molecule has 1 heteroatoms. The summed E-state index contributed by atoms with van der Waals surface area (Å²) in [5, 5.41) is 0. The summed E-state index contributed by atoms with van der Waals surface area (Å²) in [6, 6.07) is 0. The van der Waals surface area contributed by atoms with Gasteiger partial charge in [-0.3, -0.25) is 0 Å². The normalized spacial score (nSPS) is 45.2. The minimum absolute atomic E-state index is 0.786. The van der Waals surface area contributed by atoms with Crippen LogP contribution < -0.4 is 0 Å². The van der Waals surface area contributed by atoms with Crippen LogP contribution in [0.25, 0.3) is 0 Å². The Morgan fingerprint density at radius 1 is 1.19 bits per heavy atom. The lowest BCUT2D eigenvalue weighted by atomic mass is 9.68. The van der Waals surface area contributed by atoms with Crippen molar-refractivity contribution in [2.45, 2.75) is 57.7 Å². The molecule has 16 heavy (non-hydrogen) atoms. The van der Waals surface area contributed by atoms with Crippen molar-refractivity contribution < 1.29 is 0 Å². The van der Waals surface area contributed by atoms with E-state index in [1.165, 1.54) is 32.1 Å². The van der Waals surface area contributed by atoms with E-state index in [1.807, 2.05) is 0 Å². The first-order valence-corrected chi connectivity index (χ1v) is 7.82. The first-order valence-electron chi connectivity index (χ1n) is 6.90. The number of alkyl halides is 1. The van der Waals surface area contributed by atoms with Crippen molar-refractivity contribution >= 4 is 15.9 Å². The zero-order valence-electron chi connectivity index (χ0n) is 10.9. The summed E-state index contributed by atoms with van der Waals surface area (Å²) in [5.74, 6) is 3.50. The number of rotatable bonds is 1. The van der Waals surface area contributed by atoms with Crippen molar-refractivity contribution in [1.29, 1.82) is 0 Å². The maximum absolute atomic E-state index is 3.82. The SMILES string of the molecule is CC1=CC(C)C(C)CC1C1CCCC(Br)C1. The molecule has 0 bridgehead atoms. The Hall–Kier alpha value is 0.220. The van der Waals surface area contributed by atoms with Gasteiger partial charge in [-0.1, -0.05) is 47.8 Å². The highest BCUT2D eigenvalue weighted by Gasteiger charge is 2.32. The van der Waals surface area contributed by atoms with Crippen molar-refractivity contribution in [2.24, 2.45) is 23.7 Å². The molecule has 92 valence electrons. The number of hydrogen-bond donors (Lipinski definition) is 0. The highest BCUT2D eigenvalue weighted by atomic mass is 79.9. The maximum atomic E-state index is 3.82. The molecular weight excluding hydrogens is 260 g/mol. The van der Waals surface area contributed by atoms with E-state index in [4.69, 9.17) is 0 Å². The van der Waals surface area contributed by atoms with Crippen LogP contribution in [0.1, 0.15) is 52.9 Å². The first kappa shape index (κ1) is 12.7. The van der Waals surface area contributed by atoms with Gasteiger partial charge in [0.2, 0.25) is 0 Å². The predicted molar refractivity (Wildman–Crippen MR) is 74.9 cm³/mol. The lowest BCUT2D eigenvalue weighted by Crippen LogP contribution is -2.29. The van der Waals surface area contributed by atoms with E-state index in [0.29, 0.717) is 0 Å². The Labute approximate surface area is 109 Å². The zero-order chi connectivity index (χ0) is 11.7. The molecule has 5 atom stereocenters. The minimum Gasteiger partial charge on any atom is -0.0891 e. The van der Waals surface area contributed by atoms with Gasteiger partial charge in [-0.15, -0.1) is 0 Å². The Morgan fingerprint density at radius 2 is 1.94 bits per heavy atom. The summed E-state index contributed by atoms with van der Waals surface area (Å²) in [7, 11) is 0. The van der Waals surface area contributed by atoms with Crippen molar-refractivity contribution in [2.75, 3.05) is 0 Å². The van der Waals surface area contributed by atoms with Gasteiger partial charge in [-0.25, -0.2) is 0 Å². The summed E-state index contributed by atoms with van der Waals surface area (Å²) >= 11 is 3.82. The number of halogens is 1. The van der Waals surface area contributed by atoms with Crippen LogP contribution in [-0.4, -0.2) is 4.83 Å². The molecule has 2 rings (SSSR count). The van der Waals surface area contributed by atoms with Crippen molar-refractivity contribution in [1.82, 2.24) is 0 Å². The molecule has 1 fully saturated rings. The van der Waals surface area contributed by atoms with Crippen LogP contribution in [0.2, 0.25) is 0 Å². The second kappa shape index (κ2) is 5.25. The van der Waals surface area contributed by atoms with Crippen LogP contribution in [0.3, 0.4) is 0 Å². The molecule has 0 heterocycles. The highest BCUT2D eigenvalue weighted by molar-refractivity contribution is 9.09. The maximum Gasteiger partial charge on any atom is 0.0148 e. The second-order valence-electron chi connectivity index (χ2n) is 6.11. The van der Waals surface area contributed by atoms with Gasteiger partial charge in [-0.05, 0) is 56.3 Å². The Bertz CT molecular complexity index is 269. The van der Waals surface area contributed by atoms with E-state index in [2.05, 4.69) is 42.8 Å². The molecule has 0 radical (unpaired) electrons. The zero-order valence-corrected chi connectivity index (χ0v) is 12.5. The van der Waals surface area contributed by atoms with E-state index >= 15 is 0 Å². The minimum atomic E-state index is 0.786. The summed E-state index contributed by atoms with van der Waals surface area (Å²) in [4.78, 5) is 0.786. The van der Waals surface area contributed by atoms with Gasteiger partial charge in [0, 0.05) is 4.83 Å². The molecule has 0 aromatic rings. The Balaban J connectivity index is 2.06. The fourth-order valence-electron chi connectivity index (χ4n) is 3.60. The first-order chi connectivity index (χ1) is 7.58. The molecule has 0 aliphatic heterocycles. The van der Waals surface area contributed by atoms with E-state index in [0.717, 1.165) is 28.5 Å². The van der Waals surface area contributed by atoms with E-state index in [1.54, 1.807) is 5.57 Å². The molecule has 5 unspecified atom stereocenters. The highest BCUT2D eigenvalue weighted by Crippen LogP contribution is 2.43. The fourth-order valence-corrected chi connectivity index (χ4v) is 4.40. The largest absolute Gasteiger partial charge is 0.0891 e. The second-order valence-corrected chi connectivity index (χ2v) is 7.41. The van der Waals surface area contributed by atoms with Gasteiger partial charge in [0.15, 0.2) is 0 Å². The fraction of sp³-hybridized carbons (Fsp3) is 0.867. The Kier molecular flexibility index (Phi) is 4.15. The third-order valence-corrected chi connectivity index (χ3v) is 5.69. The van der Waals surface area contributed by atoms with Crippen molar-refractivity contribution in [3.05, 3.63) is 11.6 Å². The molecule has 0 aromatic carbocycles. The smallest absolute Gasteiger partial charge is 0.0148 e. The van der Waals surface area contributed by atoms with Gasteiger partial charge in [0.25, 0.3) is 0 Å².